The second kappa shape index (κ2) is 20.3. The molecule has 8 nitrogen and oxygen atoms in total. The number of ether oxygens (including phenoxy) is 2. The lowest BCUT2D eigenvalue weighted by molar-refractivity contribution is -0.139. The van der Waals surface area contributed by atoms with Crippen LogP contribution in [0.5, 0.6) is 0 Å². The van der Waals surface area contributed by atoms with Crippen molar-refractivity contribution in [3.63, 3.8) is 0 Å². The Balaban J connectivity index is 1.97. The molecule has 0 bridgehead atoms. The van der Waals surface area contributed by atoms with Crippen molar-refractivity contribution in [2.45, 2.75) is 115 Å². The molecule has 2 rings (SSSR count). The number of allylic oxidation sites excluding steroid dienone is 3. The third kappa shape index (κ3) is 12.8. The third-order valence-corrected chi connectivity index (χ3v) is 11.1. The zero-order valence-corrected chi connectivity index (χ0v) is 30.9. The number of amides is 1. The standard InChI is InChI=1S/C39H61NO7S/c1-10-11-15-25(4)37(47-39(40)45)29(8)35(43)27(6)21-23(2)20-26(5)34(42)24(3)18-19-31(41)22-33-28(7)36(44)30(9)38(46-33)48-32-16-13-12-14-17-32/h10-20,24-31,33-38,41-44H,1,21-22H2,2-9H3,(H2,40,45)/b15-11-,19-18-,23-20-/t24-,25-,26-,27-,28-,29-,30+,31+,33-,34-,35+,36-,37-,38-/m0/s1. The van der Waals surface area contributed by atoms with Crippen LogP contribution in [-0.2, 0) is 9.47 Å². The fourth-order valence-corrected chi connectivity index (χ4v) is 7.84. The van der Waals surface area contributed by atoms with Crippen LogP contribution in [0.4, 0.5) is 4.79 Å². The lowest BCUT2D eigenvalue weighted by atomic mass is 9.81. The summed E-state index contributed by atoms with van der Waals surface area (Å²) in [6.45, 7) is 19.2. The van der Waals surface area contributed by atoms with Crippen LogP contribution in [0.1, 0.15) is 68.2 Å². The molecular weight excluding hydrogens is 626 g/mol. The Hall–Kier alpha value is -2.40. The summed E-state index contributed by atoms with van der Waals surface area (Å²) in [5, 5.41) is 44.1. The molecule has 14 atom stereocenters. The van der Waals surface area contributed by atoms with Crippen LogP contribution < -0.4 is 5.73 Å². The smallest absolute Gasteiger partial charge is 0.404 e. The summed E-state index contributed by atoms with van der Waals surface area (Å²) in [7, 11) is 0. The molecule has 0 aromatic heterocycles. The van der Waals surface area contributed by atoms with E-state index in [2.05, 4.69) is 6.58 Å². The van der Waals surface area contributed by atoms with E-state index in [1.807, 2.05) is 104 Å². The lowest BCUT2D eigenvalue weighted by Crippen LogP contribution is -2.48. The predicted octanol–water partition coefficient (Wildman–Crippen LogP) is 6.89. The fraction of sp³-hybridized carbons (Fsp3) is 0.615. The molecule has 1 heterocycles. The van der Waals surface area contributed by atoms with Crippen molar-refractivity contribution in [3.05, 3.63) is 78.9 Å². The van der Waals surface area contributed by atoms with Gasteiger partial charge in [-0.15, -0.1) is 0 Å². The van der Waals surface area contributed by atoms with Gasteiger partial charge in [-0.3, -0.25) is 0 Å². The zero-order valence-electron chi connectivity index (χ0n) is 30.1. The van der Waals surface area contributed by atoms with Gasteiger partial charge in [0.25, 0.3) is 0 Å². The minimum atomic E-state index is -0.878. The summed E-state index contributed by atoms with van der Waals surface area (Å²) in [6.07, 6.45) is 7.25. The normalized spacial score (nSPS) is 27.8. The Morgan fingerprint density at radius 1 is 0.979 bits per heavy atom. The largest absolute Gasteiger partial charge is 0.445 e. The third-order valence-electron chi connectivity index (χ3n) is 9.74. The van der Waals surface area contributed by atoms with E-state index in [0.29, 0.717) is 12.8 Å². The van der Waals surface area contributed by atoms with Crippen molar-refractivity contribution < 1.29 is 34.7 Å². The van der Waals surface area contributed by atoms with Gasteiger partial charge < -0.3 is 35.6 Å². The maximum absolute atomic E-state index is 11.6. The number of nitrogens with two attached hydrogens (primary N) is 1. The average Bonchev–Trinajstić information content (AvgIpc) is 3.05. The summed E-state index contributed by atoms with van der Waals surface area (Å²) in [4.78, 5) is 12.7. The monoisotopic (exact) mass is 687 g/mol. The molecule has 0 spiro atoms. The number of hydrogen-bond donors (Lipinski definition) is 5. The summed E-state index contributed by atoms with van der Waals surface area (Å²) >= 11 is 1.59. The minimum absolute atomic E-state index is 0.0572. The van der Waals surface area contributed by atoms with E-state index >= 15 is 0 Å². The topological polar surface area (TPSA) is 142 Å². The van der Waals surface area contributed by atoms with E-state index in [1.54, 1.807) is 30.0 Å². The first kappa shape index (κ1) is 41.8. The molecule has 0 radical (unpaired) electrons. The maximum Gasteiger partial charge on any atom is 0.404 e. The van der Waals surface area contributed by atoms with Gasteiger partial charge in [0.2, 0.25) is 0 Å². The van der Waals surface area contributed by atoms with Crippen LogP contribution in [0.15, 0.2) is 83.8 Å². The van der Waals surface area contributed by atoms with Crippen LogP contribution in [-0.4, -0.2) is 68.6 Å². The molecule has 1 aliphatic heterocycles. The molecular formula is C39H61NO7S. The Morgan fingerprint density at radius 2 is 1.62 bits per heavy atom. The van der Waals surface area contributed by atoms with Crippen molar-refractivity contribution >= 4 is 17.9 Å². The zero-order chi connectivity index (χ0) is 36.1. The van der Waals surface area contributed by atoms with E-state index in [4.69, 9.17) is 15.2 Å². The molecule has 0 aliphatic carbocycles. The lowest BCUT2D eigenvalue weighted by Gasteiger charge is -2.43. The number of rotatable bonds is 18. The number of thioether (sulfide) groups is 1. The van der Waals surface area contributed by atoms with Gasteiger partial charge in [0.05, 0.1) is 30.5 Å². The highest BCUT2D eigenvalue weighted by Crippen LogP contribution is 2.40. The Kier molecular flexibility index (Phi) is 17.7. The van der Waals surface area contributed by atoms with Crippen molar-refractivity contribution in [2.24, 2.45) is 47.2 Å². The number of hydrogen-bond acceptors (Lipinski definition) is 8. The summed E-state index contributed by atoms with van der Waals surface area (Å²) in [5.74, 6) is -1.27. The number of carbonyl (C=O) groups excluding carboxylic acids is 1. The van der Waals surface area contributed by atoms with Crippen molar-refractivity contribution in [2.75, 3.05) is 0 Å². The van der Waals surface area contributed by atoms with Gasteiger partial charge in [0, 0.05) is 46.8 Å². The highest BCUT2D eigenvalue weighted by atomic mass is 32.2. The molecule has 1 aromatic carbocycles. The number of aliphatic hydroxyl groups is 4. The summed E-state index contributed by atoms with van der Waals surface area (Å²) in [6, 6.07) is 9.98. The molecule has 48 heavy (non-hydrogen) atoms. The van der Waals surface area contributed by atoms with Gasteiger partial charge in [-0.2, -0.15) is 0 Å². The van der Waals surface area contributed by atoms with E-state index in [1.165, 1.54) is 0 Å². The van der Waals surface area contributed by atoms with E-state index < -0.39 is 36.6 Å². The molecule has 1 aromatic rings. The summed E-state index contributed by atoms with van der Waals surface area (Å²) < 4.78 is 11.8. The average molecular weight is 688 g/mol. The van der Waals surface area contributed by atoms with Crippen molar-refractivity contribution in [1.82, 2.24) is 0 Å². The van der Waals surface area contributed by atoms with E-state index in [9.17, 15) is 25.2 Å². The molecule has 0 unspecified atom stereocenters. The molecule has 1 saturated heterocycles. The SMILES string of the molecule is C=C/C=C\[C@H](C)[C@H](OC(N)=O)[C@@H](C)[C@H](O)[C@@H](C)C/C(C)=C\[C@H](C)[C@@H](O)[C@@H](C)/C=C\[C@@H](O)C[C@@H]1O[C@@H](Sc2ccccc2)[C@H](C)[C@@H](O)[C@H]1C. The van der Waals surface area contributed by atoms with Gasteiger partial charge in [-0.1, -0.05) is 127 Å². The molecule has 1 aliphatic rings. The minimum Gasteiger partial charge on any atom is -0.445 e. The number of primary amides is 1. The highest BCUT2D eigenvalue weighted by Gasteiger charge is 2.41. The number of aliphatic hydroxyl groups excluding tert-OH is 4. The highest BCUT2D eigenvalue weighted by molar-refractivity contribution is 7.99. The first-order valence-electron chi connectivity index (χ1n) is 17.3. The molecule has 0 saturated carbocycles. The summed E-state index contributed by atoms with van der Waals surface area (Å²) in [5.41, 5.74) is 6.14. The Bertz CT molecular complexity index is 1210. The van der Waals surface area contributed by atoms with Gasteiger partial charge in [0.1, 0.15) is 11.5 Å². The molecule has 270 valence electrons. The molecule has 1 amide bonds. The van der Waals surface area contributed by atoms with Crippen LogP contribution in [0.3, 0.4) is 0 Å². The quantitative estimate of drug-likeness (QED) is 0.0830. The number of benzene rings is 1. The number of carbonyl (C=O) groups is 1. The Morgan fingerprint density at radius 3 is 2.23 bits per heavy atom. The predicted molar refractivity (Wildman–Crippen MR) is 195 cm³/mol. The van der Waals surface area contributed by atoms with E-state index in [-0.39, 0.29) is 53.0 Å². The second-order valence-corrected chi connectivity index (χ2v) is 15.2. The maximum atomic E-state index is 11.6. The van der Waals surface area contributed by atoms with Crippen LogP contribution in [0, 0.1) is 41.4 Å². The van der Waals surface area contributed by atoms with Crippen LogP contribution in [0.2, 0.25) is 0 Å². The van der Waals surface area contributed by atoms with Crippen LogP contribution in [0.25, 0.3) is 0 Å². The van der Waals surface area contributed by atoms with Crippen molar-refractivity contribution in [1.29, 1.82) is 0 Å². The first-order chi connectivity index (χ1) is 22.6. The fourth-order valence-electron chi connectivity index (χ4n) is 6.68. The van der Waals surface area contributed by atoms with Crippen molar-refractivity contribution in [3.8, 4) is 0 Å². The van der Waals surface area contributed by atoms with Gasteiger partial charge in [-0.05, 0) is 31.4 Å². The Labute approximate surface area is 293 Å². The van der Waals surface area contributed by atoms with Gasteiger partial charge in [0.15, 0.2) is 0 Å². The van der Waals surface area contributed by atoms with Crippen LogP contribution >= 0.6 is 11.8 Å². The van der Waals surface area contributed by atoms with Gasteiger partial charge >= 0.3 is 6.09 Å². The second-order valence-electron chi connectivity index (χ2n) is 14.0. The first-order valence-corrected chi connectivity index (χ1v) is 18.2. The van der Waals surface area contributed by atoms with E-state index in [0.717, 1.165) is 10.5 Å². The molecule has 1 fully saturated rings. The van der Waals surface area contributed by atoms with Gasteiger partial charge in [-0.25, -0.2) is 4.79 Å². The molecule has 6 N–H and O–H groups in total. The molecule has 9 heteroatoms.